The van der Waals surface area contributed by atoms with Gasteiger partial charge in [0.15, 0.2) is 18.1 Å². The van der Waals surface area contributed by atoms with E-state index in [-0.39, 0.29) is 24.8 Å². The van der Waals surface area contributed by atoms with Crippen LogP contribution in [0.2, 0.25) is 0 Å². The van der Waals surface area contributed by atoms with Gasteiger partial charge in [-0.05, 0) is 76.3 Å². The Morgan fingerprint density at radius 3 is 2.39 bits per heavy atom. The van der Waals surface area contributed by atoms with E-state index in [0.29, 0.717) is 36.2 Å². The molecule has 12 nitrogen and oxygen atoms in total. The van der Waals surface area contributed by atoms with E-state index in [1.165, 1.54) is 0 Å². The first-order chi connectivity index (χ1) is 20.9. The Morgan fingerprint density at radius 2 is 1.75 bits per heavy atom. The molecule has 0 saturated carbocycles. The van der Waals surface area contributed by atoms with Crippen molar-refractivity contribution in [3.05, 3.63) is 35.9 Å². The van der Waals surface area contributed by atoms with Gasteiger partial charge in [0.25, 0.3) is 5.95 Å². The molecule has 0 aromatic carbocycles. The lowest BCUT2D eigenvalue weighted by Crippen LogP contribution is -2.44. The van der Waals surface area contributed by atoms with E-state index >= 15 is 0 Å². The molecule has 5 rings (SSSR count). The molecule has 4 heterocycles. The second-order valence-electron chi connectivity index (χ2n) is 12.4. The number of tetrazole rings is 1. The molecule has 0 radical (unpaired) electrons. The molecular formula is C29H40F3N9O3. The van der Waals surface area contributed by atoms with E-state index < -0.39 is 41.8 Å². The molecule has 15 heteroatoms. The van der Waals surface area contributed by atoms with Crippen LogP contribution in [-0.2, 0) is 11.3 Å². The number of nitrogens with one attached hydrogen (secondary N) is 1. The first-order valence-electron chi connectivity index (χ1n) is 15.0. The van der Waals surface area contributed by atoms with Crippen molar-refractivity contribution in [3.8, 4) is 5.75 Å². The van der Waals surface area contributed by atoms with Crippen LogP contribution >= 0.6 is 0 Å². The first-order valence-corrected chi connectivity index (χ1v) is 15.0. The van der Waals surface area contributed by atoms with Gasteiger partial charge in [-0.2, -0.15) is 4.80 Å². The van der Waals surface area contributed by atoms with Gasteiger partial charge < -0.3 is 24.6 Å². The number of amides is 1. The summed E-state index contributed by atoms with van der Waals surface area (Å²) < 4.78 is 54.5. The van der Waals surface area contributed by atoms with E-state index in [4.69, 9.17) is 9.47 Å². The molecule has 2 saturated heterocycles. The number of anilines is 2. The predicted molar refractivity (Wildman–Crippen MR) is 156 cm³/mol. The van der Waals surface area contributed by atoms with Crippen LogP contribution in [0.1, 0.15) is 47.5 Å². The smallest absolute Gasteiger partial charge is 0.407 e. The van der Waals surface area contributed by atoms with Gasteiger partial charge in [-0.3, -0.25) is 0 Å². The first kappa shape index (κ1) is 31.5. The van der Waals surface area contributed by atoms with Gasteiger partial charge in [0.2, 0.25) is 5.95 Å². The van der Waals surface area contributed by atoms with Gasteiger partial charge in [0.05, 0.1) is 31.1 Å². The van der Waals surface area contributed by atoms with Crippen LogP contribution in [0, 0.1) is 11.8 Å². The van der Waals surface area contributed by atoms with E-state index in [2.05, 4.69) is 35.6 Å². The summed E-state index contributed by atoms with van der Waals surface area (Å²) >= 11 is 0. The van der Waals surface area contributed by atoms with Crippen molar-refractivity contribution in [2.45, 2.75) is 84.1 Å². The van der Waals surface area contributed by atoms with Gasteiger partial charge >= 0.3 is 6.09 Å². The Hall–Kier alpha value is -3.91. The number of halogens is 3. The number of ether oxygens (including phenoxy) is 2. The van der Waals surface area contributed by atoms with Gasteiger partial charge in [-0.15, -0.1) is 5.10 Å². The minimum atomic E-state index is -2.06. The summed E-state index contributed by atoms with van der Waals surface area (Å²) in [6, 6.07) is -0.661. The number of carbonyl (C=O) groups is 1. The van der Waals surface area contributed by atoms with Crippen molar-refractivity contribution in [3.63, 3.8) is 0 Å². The minimum absolute atomic E-state index is 0.000503. The highest BCUT2D eigenvalue weighted by molar-refractivity contribution is 5.68. The van der Waals surface area contributed by atoms with Crippen LogP contribution in [0.3, 0.4) is 0 Å². The highest BCUT2D eigenvalue weighted by Crippen LogP contribution is 2.36. The quantitative estimate of drug-likeness (QED) is 0.464. The Kier molecular flexibility index (Phi) is 9.30. The molecule has 240 valence electrons. The molecule has 2 aromatic heterocycles. The summed E-state index contributed by atoms with van der Waals surface area (Å²) in [5.74, 6) is 0.282. The molecule has 5 atom stereocenters. The third-order valence-corrected chi connectivity index (χ3v) is 8.08. The minimum Gasteiger partial charge on any atom is -0.487 e. The zero-order chi connectivity index (χ0) is 31.6. The van der Waals surface area contributed by atoms with Crippen LogP contribution in [-0.4, -0.2) is 92.5 Å². The van der Waals surface area contributed by atoms with Crippen LogP contribution in [0.15, 0.2) is 35.9 Å². The summed E-state index contributed by atoms with van der Waals surface area (Å²) in [5, 5.41) is 15.3. The number of rotatable bonds is 8. The highest BCUT2D eigenvalue weighted by atomic mass is 19.2. The van der Waals surface area contributed by atoms with Gasteiger partial charge in [0.1, 0.15) is 11.4 Å². The van der Waals surface area contributed by atoms with Crippen molar-refractivity contribution in [1.82, 2.24) is 35.5 Å². The maximum Gasteiger partial charge on any atom is 0.407 e. The average Bonchev–Trinajstić information content (AvgIpc) is 3.62. The lowest BCUT2D eigenvalue weighted by Gasteiger charge is -2.34. The Morgan fingerprint density at radius 1 is 1.07 bits per heavy atom. The van der Waals surface area contributed by atoms with E-state index in [0.717, 1.165) is 32.0 Å². The molecule has 2 fully saturated rings. The lowest BCUT2D eigenvalue weighted by atomic mass is 9.88. The van der Waals surface area contributed by atoms with Crippen LogP contribution in [0.5, 0.6) is 5.75 Å². The maximum atomic E-state index is 14.8. The number of aromatic nitrogens is 6. The van der Waals surface area contributed by atoms with Crippen LogP contribution in [0.25, 0.3) is 0 Å². The van der Waals surface area contributed by atoms with Gasteiger partial charge in [0, 0.05) is 32.1 Å². The number of allylic oxidation sites excluding steroid dienone is 3. The molecule has 44 heavy (non-hydrogen) atoms. The lowest BCUT2D eigenvalue weighted by molar-refractivity contribution is 0.0501. The molecule has 0 bridgehead atoms. The molecular weight excluding hydrogens is 579 g/mol. The summed E-state index contributed by atoms with van der Waals surface area (Å²) in [6.45, 7) is 11.8. The molecule has 1 N–H and O–H groups in total. The van der Waals surface area contributed by atoms with Crippen molar-refractivity contribution < 1.29 is 27.4 Å². The Balaban J connectivity index is 1.21. The largest absolute Gasteiger partial charge is 0.487 e. The van der Waals surface area contributed by atoms with Crippen LogP contribution < -0.4 is 19.9 Å². The van der Waals surface area contributed by atoms with Gasteiger partial charge in [-0.1, -0.05) is 5.10 Å². The summed E-state index contributed by atoms with van der Waals surface area (Å²) in [4.78, 5) is 27.0. The number of aryl methyl sites for hydroxylation is 1. The van der Waals surface area contributed by atoms with Crippen LogP contribution in [0.4, 0.5) is 29.9 Å². The number of hydrogen-bond acceptors (Lipinski definition) is 10. The van der Waals surface area contributed by atoms with E-state index in [1.54, 1.807) is 42.9 Å². The topological polar surface area (TPSA) is 123 Å². The average molecular weight is 620 g/mol. The molecule has 2 aliphatic heterocycles. The Labute approximate surface area is 254 Å². The SMILES string of the molecule is CCn1nnc(N2CCC([C@H](C)Oc3cnc(N4C[C@H](NC(=O)OC(C)(C)C)[C@@H](C5=CC(F)C(F)C=C5F)C4)nc3)CC2)n1. The number of alkyl halides is 2. The molecule has 0 spiro atoms. The zero-order valence-corrected chi connectivity index (χ0v) is 25.7. The third-order valence-electron chi connectivity index (χ3n) is 8.08. The van der Waals surface area contributed by atoms with Crippen molar-refractivity contribution in [2.24, 2.45) is 11.8 Å². The molecule has 1 aliphatic carbocycles. The fourth-order valence-corrected chi connectivity index (χ4v) is 5.77. The predicted octanol–water partition coefficient (Wildman–Crippen LogP) is 3.97. The second-order valence-corrected chi connectivity index (χ2v) is 12.4. The highest BCUT2D eigenvalue weighted by Gasteiger charge is 2.41. The molecule has 3 aliphatic rings. The normalized spacial score (nSPS) is 25.4. The van der Waals surface area contributed by atoms with Crippen molar-refractivity contribution in [1.29, 1.82) is 0 Å². The van der Waals surface area contributed by atoms with E-state index in [9.17, 15) is 18.0 Å². The fraction of sp³-hybridized carbons (Fsp3) is 0.655. The van der Waals surface area contributed by atoms with Crippen molar-refractivity contribution >= 4 is 18.0 Å². The number of hydrogen-bond donors (Lipinski definition) is 1. The van der Waals surface area contributed by atoms with Crippen molar-refractivity contribution in [2.75, 3.05) is 36.0 Å². The molecule has 1 amide bonds. The number of alkyl carbamates (subject to hydrolysis) is 1. The maximum absolute atomic E-state index is 14.8. The summed E-state index contributed by atoms with van der Waals surface area (Å²) in [6.07, 6.45) is 1.76. The molecule has 2 unspecified atom stereocenters. The number of carbonyl (C=O) groups excluding carboxylic acids is 1. The fourth-order valence-electron chi connectivity index (χ4n) is 5.77. The number of piperidine rings is 1. The zero-order valence-electron chi connectivity index (χ0n) is 25.7. The summed E-state index contributed by atoms with van der Waals surface area (Å²) in [7, 11) is 0. The second kappa shape index (κ2) is 13.0. The number of nitrogens with zero attached hydrogens (tertiary/aromatic N) is 8. The Bertz CT molecular complexity index is 1360. The summed E-state index contributed by atoms with van der Waals surface area (Å²) in [5.41, 5.74) is -0.750. The van der Waals surface area contributed by atoms with Gasteiger partial charge in [-0.25, -0.2) is 27.9 Å². The monoisotopic (exact) mass is 619 g/mol. The standard InChI is InChI=1S/C29H40F3N9O3/c1-6-41-37-27(36-38-41)39-9-7-18(8-10-39)17(2)43-19-13-33-26(34-14-19)40-15-21(20-11-23(31)24(32)12-22(20)30)25(16-40)35-28(42)44-29(3,4)5/h11-14,17-18,21,23-25H,6-10,15-16H2,1-5H3,(H,35,42)/t17-,21+,23?,24?,25-/m0/s1. The third kappa shape index (κ3) is 7.41. The van der Waals surface area contributed by atoms with E-state index in [1.807, 2.05) is 13.8 Å². The molecule has 2 aromatic rings.